The fourth-order valence-electron chi connectivity index (χ4n) is 0.641. The summed E-state index contributed by atoms with van der Waals surface area (Å²) in [6, 6.07) is 0. The van der Waals surface area contributed by atoms with Gasteiger partial charge < -0.3 is 0 Å². The van der Waals surface area contributed by atoms with Crippen molar-refractivity contribution in [3.8, 4) is 0 Å². The van der Waals surface area contributed by atoms with Crippen LogP contribution in [0.5, 0.6) is 0 Å². The van der Waals surface area contributed by atoms with E-state index in [2.05, 4.69) is 42.0 Å². The van der Waals surface area contributed by atoms with Crippen molar-refractivity contribution in [2.75, 3.05) is 18.9 Å². The molecule has 0 aromatic carbocycles. The Labute approximate surface area is 70.2 Å². The zero-order valence-electron chi connectivity index (χ0n) is 6.39. The van der Waals surface area contributed by atoms with E-state index in [4.69, 9.17) is 4.52 Å². The van der Waals surface area contributed by atoms with Gasteiger partial charge in [-0.1, -0.05) is 0 Å². The van der Waals surface area contributed by atoms with Crippen molar-refractivity contribution in [2.45, 2.75) is 20.8 Å². The first-order valence-electron chi connectivity index (χ1n) is 3.41. The fourth-order valence-corrected chi connectivity index (χ4v) is 2.83. The molecule has 0 aliphatic rings. The number of hydrogen-bond donors (Lipinski definition) is 0. The van der Waals surface area contributed by atoms with Gasteiger partial charge in [0.05, 0.1) is 0 Å². The zero-order valence-corrected chi connectivity index (χ0v) is 9.61. The van der Waals surface area contributed by atoms with Crippen LogP contribution in [0.25, 0.3) is 0 Å². The summed E-state index contributed by atoms with van der Waals surface area (Å²) in [4.78, 5) is 0. The van der Waals surface area contributed by atoms with Gasteiger partial charge in [0.25, 0.3) is 0 Å². The van der Waals surface area contributed by atoms with Gasteiger partial charge in [-0.2, -0.15) is 0 Å². The molecule has 0 saturated heterocycles. The molecule has 3 heteroatoms. The van der Waals surface area contributed by atoms with Crippen LogP contribution in [0.1, 0.15) is 20.8 Å². The zero-order chi connectivity index (χ0) is 7.33. The Morgan fingerprint density at radius 3 is 1.78 bits per heavy atom. The third kappa shape index (κ3) is 3.79. The van der Waals surface area contributed by atoms with Crippen LogP contribution in [0.2, 0.25) is 0 Å². The average molecular weight is 262 g/mol. The van der Waals surface area contributed by atoms with Gasteiger partial charge in [-0.05, 0) is 0 Å². The fraction of sp³-hybridized carbons (Fsp3) is 1.00. The molecule has 9 heavy (non-hydrogen) atoms. The molecule has 0 unspecified atom stereocenters. The summed E-state index contributed by atoms with van der Waals surface area (Å²) >= 11 is 2.20. The first-order valence-corrected chi connectivity index (χ1v) is 8.53. The van der Waals surface area contributed by atoms with E-state index in [9.17, 15) is 0 Å². The van der Waals surface area contributed by atoms with Gasteiger partial charge in [0, 0.05) is 0 Å². The quantitative estimate of drug-likeness (QED) is 0.556. The summed E-state index contributed by atoms with van der Waals surface area (Å²) < 4.78 is 4.72. The van der Waals surface area contributed by atoms with E-state index in [-0.39, 0.29) is 0 Å². The molecule has 0 rings (SSSR count). The normalized spacial score (nSPS) is 11.9. The molecule has 0 aliphatic carbocycles. The van der Waals surface area contributed by atoms with Crippen molar-refractivity contribution in [1.82, 2.24) is 0 Å². The van der Waals surface area contributed by atoms with E-state index in [1.54, 1.807) is 0 Å². The summed E-state index contributed by atoms with van der Waals surface area (Å²) in [5.74, 6) is 0. The molecular weight excluding hydrogens is 247 g/mol. The molecule has 0 aliphatic heterocycles. The Balaban J connectivity index is 3.78. The summed E-state index contributed by atoms with van der Waals surface area (Å²) in [7, 11) is 0. The van der Waals surface area contributed by atoms with Gasteiger partial charge in [0.1, 0.15) is 0 Å². The molecule has 0 amide bonds. The van der Waals surface area contributed by atoms with Crippen LogP contribution in [-0.2, 0) is 4.52 Å². The minimum absolute atomic E-state index is 0.883. The average Bonchev–Trinajstić information content (AvgIpc) is 1.89. The van der Waals surface area contributed by atoms with Crippen molar-refractivity contribution < 1.29 is 4.52 Å². The third-order valence-electron chi connectivity index (χ3n) is 1.33. The van der Waals surface area contributed by atoms with Crippen molar-refractivity contribution >= 4 is 25.9 Å². The summed E-state index contributed by atoms with van der Waals surface area (Å²) in [5, 5.41) is 0. The van der Waals surface area contributed by atoms with Crippen LogP contribution in [0.3, 0.4) is 0 Å². The van der Waals surface area contributed by atoms with E-state index in [1.807, 2.05) is 0 Å². The van der Waals surface area contributed by atoms with E-state index in [1.165, 1.54) is 12.3 Å². The second-order valence-corrected chi connectivity index (χ2v) is 10.7. The molecule has 0 heterocycles. The number of rotatable bonds is 4. The first-order chi connectivity index (χ1) is 4.18. The van der Waals surface area contributed by atoms with Gasteiger partial charge in [0.15, 0.2) is 0 Å². The van der Waals surface area contributed by atoms with Crippen molar-refractivity contribution in [1.29, 1.82) is 0 Å². The van der Waals surface area contributed by atoms with Crippen LogP contribution >= 0.6 is 4.72 Å². The van der Waals surface area contributed by atoms with E-state index >= 15 is 0 Å². The van der Waals surface area contributed by atoms with Gasteiger partial charge in [0.2, 0.25) is 0 Å². The maximum absolute atomic E-state index is 5.64. The monoisotopic (exact) mass is 264 g/mol. The Morgan fingerprint density at radius 1 is 1.22 bits per heavy atom. The Hall–Kier alpha value is 1.18. The Kier molecular flexibility index (Phi) is 5.56. The van der Waals surface area contributed by atoms with E-state index in [0.29, 0.717) is 0 Å². The van der Waals surface area contributed by atoms with Crippen molar-refractivity contribution in [3.63, 3.8) is 0 Å². The predicted octanol–water partition coefficient (Wildman–Crippen LogP) is 2.08. The third-order valence-corrected chi connectivity index (χ3v) is 9.31. The maximum atomic E-state index is 5.64. The molecule has 0 radical (unpaired) electrons. The molecular formula is C6H15OPTe. The standard InChI is InChI=1S/C6H15OPTe/c1-4-7-8(9,5-2)6-3/h4-6H2,1-3H3. The van der Waals surface area contributed by atoms with Gasteiger partial charge >= 0.3 is 70.2 Å². The van der Waals surface area contributed by atoms with Gasteiger partial charge in [-0.3, -0.25) is 0 Å². The molecule has 0 fully saturated rings. The van der Waals surface area contributed by atoms with Gasteiger partial charge in [-0.25, -0.2) is 0 Å². The molecule has 0 atom stereocenters. The summed E-state index contributed by atoms with van der Waals surface area (Å²) in [6.45, 7) is 7.39. The first kappa shape index (κ1) is 10.2. The molecule has 0 bridgehead atoms. The number of hydrogen-bond acceptors (Lipinski definition) is 1. The van der Waals surface area contributed by atoms with Crippen LogP contribution in [0.15, 0.2) is 0 Å². The second kappa shape index (κ2) is 4.91. The summed E-state index contributed by atoms with van der Waals surface area (Å²) in [5.41, 5.74) is 0. The van der Waals surface area contributed by atoms with Crippen LogP contribution in [-0.4, -0.2) is 40.2 Å². The SMILES string of the molecule is CCOP(=[Te])(CC)CC. The predicted molar refractivity (Wildman–Crippen MR) is 45.4 cm³/mol. The van der Waals surface area contributed by atoms with Crippen LogP contribution < -0.4 is 0 Å². The molecule has 0 aromatic rings. The molecule has 0 saturated carbocycles. The van der Waals surface area contributed by atoms with Gasteiger partial charge in [-0.15, -0.1) is 0 Å². The molecule has 0 aromatic heterocycles. The molecule has 0 spiro atoms. The Morgan fingerprint density at radius 2 is 1.67 bits per heavy atom. The minimum atomic E-state index is -0.921. The van der Waals surface area contributed by atoms with Crippen LogP contribution in [0, 0.1) is 0 Å². The topological polar surface area (TPSA) is 9.23 Å². The second-order valence-electron chi connectivity index (χ2n) is 1.86. The van der Waals surface area contributed by atoms with Crippen molar-refractivity contribution in [3.05, 3.63) is 0 Å². The van der Waals surface area contributed by atoms with E-state index in [0.717, 1.165) is 6.61 Å². The molecule has 0 N–H and O–H groups in total. The molecule has 56 valence electrons. The molecule has 1 nitrogen and oxygen atoms in total. The summed E-state index contributed by atoms with van der Waals surface area (Å²) in [6.07, 6.45) is 2.45. The van der Waals surface area contributed by atoms with Crippen molar-refractivity contribution in [2.24, 2.45) is 0 Å². The van der Waals surface area contributed by atoms with E-state index < -0.39 is 4.72 Å². The van der Waals surface area contributed by atoms with Crippen LogP contribution in [0.4, 0.5) is 0 Å². The Bertz CT molecular complexity index is 106.